The summed E-state index contributed by atoms with van der Waals surface area (Å²) in [5.41, 5.74) is 2.09. The number of carbonyl (C=O) groups excluding carboxylic acids is 1. The standard InChI is InChI=1S/C10H11ClN2O/c1-6-2-3-7(4-8(6)11)9-5-12-10(14)13-9/h2-4,9H,5H2,1H3,(H2,12,13,14)/t9-/m1/s1. The molecule has 1 aromatic rings. The van der Waals surface area contributed by atoms with Crippen LogP contribution in [0.4, 0.5) is 4.79 Å². The summed E-state index contributed by atoms with van der Waals surface area (Å²) in [5.74, 6) is 0. The maximum Gasteiger partial charge on any atom is 0.315 e. The van der Waals surface area contributed by atoms with Gasteiger partial charge in [-0.15, -0.1) is 0 Å². The van der Waals surface area contributed by atoms with Crippen molar-refractivity contribution in [1.29, 1.82) is 0 Å². The van der Waals surface area contributed by atoms with E-state index in [-0.39, 0.29) is 12.1 Å². The molecular formula is C10H11ClN2O. The van der Waals surface area contributed by atoms with Crippen molar-refractivity contribution < 1.29 is 4.79 Å². The third kappa shape index (κ3) is 1.68. The van der Waals surface area contributed by atoms with Gasteiger partial charge < -0.3 is 10.6 Å². The van der Waals surface area contributed by atoms with Gasteiger partial charge in [0.15, 0.2) is 0 Å². The number of amides is 2. The molecule has 1 aromatic carbocycles. The number of hydrogen-bond acceptors (Lipinski definition) is 1. The van der Waals surface area contributed by atoms with Crippen molar-refractivity contribution in [3.8, 4) is 0 Å². The molecular weight excluding hydrogens is 200 g/mol. The largest absolute Gasteiger partial charge is 0.336 e. The second kappa shape index (κ2) is 3.50. The molecule has 1 heterocycles. The summed E-state index contributed by atoms with van der Waals surface area (Å²) in [7, 11) is 0. The summed E-state index contributed by atoms with van der Waals surface area (Å²) in [6, 6.07) is 5.77. The fraction of sp³-hybridized carbons (Fsp3) is 0.300. The Morgan fingerprint density at radius 2 is 2.29 bits per heavy atom. The Labute approximate surface area is 87.4 Å². The van der Waals surface area contributed by atoms with Crippen LogP contribution in [0.15, 0.2) is 18.2 Å². The zero-order chi connectivity index (χ0) is 10.1. The number of benzene rings is 1. The molecule has 14 heavy (non-hydrogen) atoms. The van der Waals surface area contributed by atoms with E-state index in [1.54, 1.807) is 0 Å². The molecule has 74 valence electrons. The van der Waals surface area contributed by atoms with Gasteiger partial charge in [0.05, 0.1) is 6.04 Å². The molecule has 2 amide bonds. The maximum absolute atomic E-state index is 10.9. The van der Waals surface area contributed by atoms with E-state index in [0.29, 0.717) is 6.54 Å². The van der Waals surface area contributed by atoms with E-state index >= 15 is 0 Å². The van der Waals surface area contributed by atoms with Gasteiger partial charge in [0, 0.05) is 11.6 Å². The van der Waals surface area contributed by atoms with Crippen LogP contribution in [-0.4, -0.2) is 12.6 Å². The second-order valence-corrected chi connectivity index (χ2v) is 3.82. The molecule has 1 aliphatic rings. The number of nitrogens with one attached hydrogen (secondary N) is 2. The number of halogens is 1. The van der Waals surface area contributed by atoms with Crippen molar-refractivity contribution in [2.45, 2.75) is 13.0 Å². The van der Waals surface area contributed by atoms with Crippen LogP contribution in [0.5, 0.6) is 0 Å². The van der Waals surface area contributed by atoms with Crippen LogP contribution in [0.3, 0.4) is 0 Å². The zero-order valence-corrected chi connectivity index (χ0v) is 8.56. The van der Waals surface area contributed by atoms with Gasteiger partial charge in [-0.05, 0) is 24.1 Å². The van der Waals surface area contributed by atoms with Gasteiger partial charge in [0.2, 0.25) is 0 Å². The molecule has 1 saturated heterocycles. The molecule has 0 bridgehead atoms. The van der Waals surface area contributed by atoms with E-state index in [0.717, 1.165) is 16.1 Å². The Bertz CT molecular complexity index is 378. The van der Waals surface area contributed by atoms with Crippen molar-refractivity contribution in [3.63, 3.8) is 0 Å². The zero-order valence-electron chi connectivity index (χ0n) is 7.80. The highest BCUT2D eigenvalue weighted by Crippen LogP contribution is 2.22. The predicted octanol–water partition coefficient (Wildman–Crippen LogP) is 2.00. The molecule has 0 aliphatic carbocycles. The average molecular weight is 211 g/mol. The van der Waals surface area contributed by atoms with Gasteiger partial charge in [0.1, 0.15) is 0 Å². The lowest BCUT2D eigenvalue weighted by Gasteiger charge is -2.09. The molecule has 2 N–H and O–H groups in total. The number of rotatable bonds is 1. The quantitative estimate of drug-likeness (QED) is 0.732. The highest BCUT2D eigenvalue weighted by Gasteiger charge is 2.21. The smallest absolute Gasteiger partial charge is 0.315 e. The van der Waals surface area contributed by atoms with Crippen molar-refractivity contribution in [3.05, 3.63) is 34.3 Å². The fourth-order valence-corrected chi connectivity index (χ4v) is 1.67. The lowest BCUT2D eigenvalue weighted by atomic mass is 10.1. The van der Waals surface area contributed by atoms with Crippen LogP contribution >= 0.6 is 11.6 Å². The Kier molecular flexibility index (Phi) is 2.33. The van der Waals surface area contributed by atoms with E-state index in [1.807, 2.05) is 25.1 Å². The summed E-state index contributed by atoms with van der Waals surface area (Å²) < 4.78 is 0. The minimum Gasteiger partial charge on any atom is -0.336 e. The van der Waals surface area contributed by atoms with Crippen LogP contribution in [0.25, 0.3) is 0 Å². The molecule has 2 rings (SSSR count). The van der Waals surface area contributed by atoms with Crippen LogP contribution in [0.2, 0.25) is 5.02 Å². The lowest BCUT2D eigenvalue weighted by molar-refractivity contribution is 0.247. The lowest BCUT2D eigenvalue weighted by Crippen LogP contribution is -2.21. The van der Waals surface area contributed by atoms with E-state index in [1.165, 1.54) is 0 Å². The number of urea groups is 1. The monoisotopic (exact) mass is 210 g/mol. The highest BCUT2D eigenvalue weighted by atomic mass is 35.5. The Balaban J connectivity index is 2.24. The molecule has 4 heteroatoms. The SMILES string of the molecule is Cc1ccc([C@H]2CNC(=O)N2)cc1Cl. The van der Waals surface area contributed by atoms with Gasteiger partial charge in [-0.1, -0.05) is 23.7 Å². The van der Waals surface area contributed by atoms with Gasteiger partial charge >= 0.3 is 6.03 Å². The van der Waals surface area contributed by atoms with Crippen molar-refractivity contribution >= 4 is 17.6 Å². The first-order valence-corrected chi connectivity index (χ1v) is 4.85. The van der Waals surface area contributed by atoms with Crippen LogP contribution in [0, 0.1) is 6.92 Å². The van der Waals surface area contributed by atoms with Crippen molar-refractivity contribution in [2.75, 3.05) is 6.54 Å². The summed E-state index contributed by atoms with van der Waals surface area (Å²) >= 11 is 6.00. The minimum atomic E-state index is -0.119. The van der Waals surface area contributed by atoms with Crippen LogP contribution in [0.1, 0.15) is 17.2 Å². The van der Waals surface area contributed by atoms with Crippen LogP contribution < -0.4 is 10.6 Å². The summed E-state index contributed by atoms with van der Waals surface area (Å²) in [5, 5.41) is 6.26. The van der Waals surface area contributed by atoms with Gasteiger partial charge in [-0.3, -0.25) is 0 Å². The maximum atomic E-state index is 10.9. The molecule has 1 fully saturated rings. The van der Waals surface area contributed by atoms with E-state index < -0.39 is 0 Å². The number of hydrogen-bond donors (Lipinski definition) is 2. The number of aryl methyl sites for hydroxylation is 1. The first kappa shape index (κ1) is 9.34. The third-order valence-corrected chi connectivity index (χ3v) is 2.78. The summed E-state index contributed by atoms with van der Waals surface area (Å²) in [6.07, 6.45) is 0. The third-order valence-electron chi connectivity index (χ3n) is 2.37. The predicted molar refractivity (Wildman–Crippen MR) is 55.5 cm³/mol. The molecule has 3 nitrogen and oxygen atoms in total. The minimum absolute atomic E-state index is 0.0422. The molecule has 0 saturated carbocycles. The number of carbonyl (C=O) groups is 1. The summed E-state index contributed by atoms with van der Waals surface area (Å²) in [6.45, 7) is 2.58. The van der Waals surface area contributed by atoms with E-state index in [4.69, 9.17) is 11.6 Å². The molecule has 0 radical (unpaired) electrons. The van der Waals surface area contributed by atoms with Gasteiger partial charge in [0.25, 0.3) is 0 Å². The Hall–Kier alpha value is -1.22. The highest BCUT2D eigenvalue weighted by molar-refractivity contribution is 6.31. The molecule has 1 atom stereocenters. The Morgan fingerprint density at radius 1 is 1.50 bits per heavy atom. The topological polar surface area (TPSA) is 41.1 Å². The van der Waals surface area contributed by atoms with E-state index in [9.17, 15) is 4.79 Å². The van der Waals surface area contributed by atoms with Crippen LogP contribution in [-0.2, 0) is 0 Å². The van der Waals surface area contributed by atoms with E-state index in [2.05, 4.69) is 10.6 Å². The molecule has 0 spiro atoms. The van der Waals surface area contributed by atoms with Gasteiger partial charge in [-0.2, -0.15) is 0 Å². The van der Waals surface area contributed by atoms with Crippen molar-refractivity contribution in [1.82, 2.24) is 10.6 Å². The first-order valence-electron chi connectivity index (χ1n) is 4.47. The first-order chi connectivity index (χ1) is 6.66. The van der Waals surface area contributed by atoms with Crippen molar-refractivity contribution in [2.24, 2.45) is 0 Å². The van der Waals surface area contributed by atoms with Gasteiger partial charge in [-0.25, -0.2) is 4.79 Å². The Morgan fingerprint density at radius 3 is 2.86 bits per heavy atom. The second-order valence-electron chi connectivity index (χ2n) is 3.42. The normalized spacial score (nSPS) is 20.4. The molecule has 1 aliphatic heterocycles. The molecule has 0 aromatic heterocycles. The summed E-state index contributed by atoms with van der Waals surface area (Å²) in [4.78, 5) is 10.9. The molecule has 0 unspecified atom stereocenters. The average Bonchev–Trinajstić information content (AvgIpc) is 2.57. The fourth-order valence-electron chi connectivity index (χ4n) is 1.48.